The van der Waals surface area contributed by atoms with Crippen LogP contribution in [0.1, 0.15) is 37.6 Å². The summed E-state index contributed by atoms with van der Waals surface area (Å²) in [5.74, 6) is 2.35. The summed E-state index contributed by atoms with van der Waals surface area (Å²) < 4.78 is 14.5. The van der Waals surface area contributed by atoms with Crippen LogP contribution in [0.2, 0.25) is 13.1 Å². The Morgan fingerprint density at radius 1 is 1.10 bits per heavy atom. The molecule has 2 heterocycles. The number of hydrogen-bond acceptors (Lipinski definition) is 4. The second-order valence-electron chi connectivity index (χ2n) is 8.23. The van der Waals surface area contributed by atoms with E-state index in [4.69, 9.17) is 21.4 Å². The fourth-order valence-corrected chi connectivity index (χ4v) is 4.03. The summed E-state index contributed by atoms with van der Waals surface area (Å²) in [6, 6.07) is 11.8. The van der Waals surface area contributed by atoms with Crippen LogP contribution in [0, 0.1) is 4.64 Å². The number of nitrogens with one attached hydrogen (secondary N) is 1. The molecule has 3 rings (SSSR count). The van der Waals surface area contributed by atoms with Gasteiger partial charge in [0.15, 0.2) is 17.3 Å². The topological polar surface area (TPSA) is 52.1 Å². The van der Waals surface area contributed by atoms with Crippen molar-refractivity contribution in [2.24, 2.45) is 0 Å². The van der Waals surface area contributed by atoms with Gasteiger partial charge in [0.1, 0.15) is 4.64 Å². The van der Waals surface area contributed by atoms with E-state index < -0.39 is 9.04 Å². The smallest absolute Gasteiger partial charge is 0.274 e. The zero-order chi connectivity index (χ0) is 21.9. The number of aromatic nitrogens is 3. The third-order valence-corrected chi connectivity index (χ3v) is 5.43. The Kier molecular flexibility index (Phi) is 6.63. The number of aromatic amines is 1. The number of H-pyrrole nitrogens is 1. The lowest BCUT2D eigenvalue weighted by atomic mass is 9.85. The first kappa shape index (κ1) is 22.1. The van der Waals surface area contributed by atoms with E-state index in [0.29, 0.717) is 4.64 Å². The molecule has 0 aliphatic rings. The van der Waals surface area contributed by atoms with Gasteiger partial charge in [0, 0.05) is 17.3 Å². The van der Waals surface area contributed by atoms with Crippen LogP contribution in [-0.2, 0) is 5.41 Å². The molecular weight excluding hydrogens is 410 g/mol. The minimum absolute atomic E-state index is 0.0506. The van der Waals surface area contributed by atoms with Crippen LogP contribution in [0.4, 0.5) is 0 Å². The Labute approximate surface area is 185 Å². The highest BCUT2D eigenvalue weighted by Crippen LogP contribution is 2.41. The van der Waals surface area contributed by atoms with Crippen molar-refractivity contribution in [3.05, 3.63) is 64.1 Å². The largest absolute Gasteiger partial charge is 0.540 e. The Balaban J connectivity index is 2.02. The average molecular weight is 439 g/mol. The van der Waals surface area contributed by atoms with Gasteiger partial charge in [-0.05, 0) is 48.9 Å². The highest BCUT2D eigenvalue weighted by molar-refractivity contribution is 7.71. The minimum atomic E-state index is -0.973. The van der Waals surface area contributed by atoms with Crippen molar-refractivity contribution in [3.8, 4) is 17.3 Å². The Bertz CT molecular complexity index is 1100. The van der Waals surface area contributed by atoms with Gasteiger partial charge in [0.2, 0.25) is 0 Å². The molecule has 0 spiro atoms. The van der Waals surface area contributed by atoms with Gasteiger partial charge in [-0.25, -0.2) is 9.67 Å². The van der Waals surface area contributed by atoms with Crippen molar-refractivity contribution >= 4 is 33.4 Å². The lowest BCUT2D eigenvalue weighted by Crippen LogP contribution is -2.17. The van der Waals surface area contributed by atoms with Crippen LogP contribution >= 0.6 is 12.2 Å². The molecule has 0 fully saturated rings. The molecule has 3 aromatic rings. The Hall–Kier alpha value is -2.64. The zero-order valence-corrected chi connectivity index (χ0v) is 20.1. The molecule has 157 valence electrons. The fourth-order valence-electron chi connectivity index (χ4n) is 3.15. The predicted molar refractivity (Wildman–Crippen MR) is 127 cm³/mol. The van der Waals surface area contributed by atoms with E-state index >= 15 is 0 Å². The molecule has 0 saturated heterocycles. The normalized spacial score (nSPS) is 12.0. The van der Waals surface area contributed by atoms with Crippen LogP contribution in [0.3, 0.4) is 0 Å². The first-order valence-corrected chi connectivity index (χ1v) is 12.6. The second kappa shape index (κ2) is 9.02. The van der Waals surface area contributed by atoms with E-state index in [-0.39, 0.29) is 5.41 Å². The molecule has 0 aliphatic heterocycles. The molecule has 1 N–H and O–H groups in total. The molecule has 1 aromatic carbocycles. The van der Waals surface area contributed by atoms with Crippen LogP contribution in [0.5, 0.6) is 11.5 Å². The van der Waals surface area contributed by atoms with E-state index in [9.17, 15) is 0 Å². The standard InChI is InChI=1S/C23H28N3O2SSi/c1-23(2,3)18-13-11-16(21(22(18)27-4)28-30(5)6)10-12-17-15-20(29)26(25-17)19-9-7-8-14-24-19/h7-15,25H,1-6H3/b12-10+. The summed E-state index contributed by atoms with van der Waals surface area (Å²) in [5.41, 5.74) is 2.93. The molecule has 5 nitrogen and oxygen atoms in total. The van der Waals surface area contributed by atoms with Gasteiger partial charge in [-0.2, -0.15) is 0 Å². The van der Waals surface area contributed by atoms with E-state index in [1.54, 1.807) is 18.0 Å². The maximum atomic E-state index is 6.27. The van der Waals surface area contributed by atoms with Crippen LogP contribution in [0.25, 0.3) is 18.0 Å². The van der Waals surface area contributed by atoms with Gasteiger partial charge in [-0.1, -0.05) is 51.2 Å². The fraction of sp³-hybridized carbons (Fsp3) is 0.304. The predicted octanol–water partition coefficient (Wildman–Crippen LogP) is 6.04. The third kappa shape index (κ3) is 4.91. The lowest BCUT2D eigenvalue weighted by Gasteiger charge is -2.25. The van der Waals surface area contributed by atoms with Crippen molar-refractivity contribution in [1.29, 1.82) is 0 Å². The van der Waals surface area contributed by atoms with E-state index in [2.05, 4.69) is 56.1 Å². The molecule has 0 bridgehead atoms. The maximum Gasteiger partial charge on any atom is 0.274 e. The molecule has 2 aromatic heterocycles. The van der Waals surface area contributed by atoms with Crippen molar-refractivity contribution in [2.45, 2.75) is 39.3 Å². The molecule has 0 amide bonds. The third-order valence-electron chi connectivity index (χ3n) is 4.52. The van der Waals surface area contributed by atoms with Gasteiger partial charge in [-0.15, -0.1) is 0 Å². The highest BCUT2D eigenvalue weighted by Gasteiger charge is 2.24. The number of ether oxygens (including phenoxy) is 1. The summed E-state index contributed by atoms with van der Waals surface area (Å²) in [4.78, 5) is 4.35. The van der Waals surface area contributed by atoms with Crippen LogP contribution < -0.4 is 9.16 Å². The zero-order valence-electron chi connectivity index (χ0n) is 18.3. The molecule has 0 atom stereocenters. The molecule has 0 aliphatic carbocycles. The van der Waals surface area contributed by atoms with Crippen molar-refractivity contribution in [3.63, 3.8) is 0 Å². The van der Waals surface area contributed by atoms with E-state index in [1.165, 1.54) is 0 Å². The number of benzene rings is 1. The first-order chi connectivity index (χ1) is 14.2. The molecule has 7 heteroatoms. The Morgan fingerprint density at radius 2 is 1.87 bits per heavy atom. The SMILES string of the molecule is COc1c(C(C)(C)C)ccc(/C=C/c2cc(=S)n(-c3ccccn3)[nH]2)c1O[Si](C)C. The van der Waals surface area contributed by atoms with Gasteiger partial charge in [0.25, 0.3) is 9.04 Å². The maximum absolute atomic E-state index is 6.27. The molecule has 0 unspecified atom stereocenters. The minimum Gasteiger partial charge on any atom is -0.540 e. The van der Waals surface area contributed by atoms with Gasteiger partial charge in [-0.3, -0.25) is 5.10 Å². The molecule has 30 heavy (non-hydrogen) atoms. The monoisotopic (exact) mass is 438 g/mol. The summed E-state index contributed by atoms with van der Waals surface area (Å²) in [5, 5.41) is 3.29. The van der Waals surface area contributed by atoms with Crippen LogP contribution in [-0.4, -0.2) is 30.9 Å². The number of nitrogens with zero attached hydrogens (tertiary/aromatic N) is 2. The number of pyridine rings is 1. The van der Waals surface area contributed by atoms with E-state index in [1.807, 2.05) is 36.4 Å². The van der Waals surface area contributed by atoms with Crippen molar-refractivity contribution in [1.82, 2.24) is 14.8 Å². The number of rotatable bonds is 6. The average Bonchev–Trinajstić information content (AvgIpc) is 3.06. The molecule has 0 saturated carbocycles. The summed E-state index contributed by atoms with van der Waals surface area (Å²) >= 11 is 5.48. The van der Waals surface area contributed by atoms with Crippen molar-refractivity contribution < 1.29 is 9.16 Å². The van der Waals surface area contributed by atoms with Gasteiger partial charge >= 0.3 is 0 Å². The van der Waals surface area contributed by atoms with Crippen molar-refractivity contribution in [2.75, 3.05) is 7.11 Å². The summed E-state index contributed by atoms with van der Waals surface area (Å²) in [6.07, 6.45) is 5.76. The number of methoxy groups -OCH3 is 1. The van der Waals surface area contributed by atoms with Gasteiger partial charge in [0.05, 0.1) is 12.8 Å². The second-order valence-corrected chi connectivity index (χ2v) is 10.7. The quantitative estimate of drug-likeness (QED) is 0.377. The van der Waals surface area contributed by atoms with Crippen LogP contribution in [0.15, 0.2) is 42.6 Å². The lowest BCUT2D eigenvalue weighted by molar-refractivity contribution is 0.378. The Morgan fingerprint density at radius 3 is 2.47 bits per heavy atom. The summed E-state index contributed by atoms with van der Waals surface area (Å²) in [7, 11) is 0.728. The molecular formula is C23H28N3O2SSi. The highest BCUT2D eigenvalue weighted by atomic mass is 32.1. The number of hydrogen-bond donors (Lipinski definition) is 1. The van der Waals surface area contributed by atoms with Gasteiger partial charge < -0.3 is 9.16 Å². The summed E-state index contributed by atoms with van der Waals surface area (Å²) in [6.45, 7) is 10.8. The molecule has 1 radical (unpaired) electrons. The van der Waals surface area contributed by atoms with E-state index in [0.717, 1.165) is 34.1 Å². The first-order valence-electron chi connectivity index (χ1n) is 9.81.